The number of methoxy groups -OCH3 is 1. The average molecular weight is 151 g/mol. The molecule has 1 rings (SSSR count). The van der Waals surface area contributed by atoms with Crippen molar-refractivity contribution in [3.63, 3.8) is 0 Å². The van der Waals surface area contributed by atoms with Crippen LogP contribution in [0.25, 0.3) is 0 Å². The number of rotatable bonds is 2. The maximum absolute atomic E-state index is 10.3. The summed E-state index contributed by atoms with van der Waals surface area (Å²) in [5.74, 6) is -0.671. The fourth-order valence-electron chi connectivity index (χ4n) is 0.750. The Labute approximate surface area is 64.2 Å². The number of carbonyl (C=O) groups excluding carboxylic acids is 1. The molecule has 0 aliphatic rings. The van der Waals surface area contributed by atoms with E-state index in [2.05, 4.69) is 0 Å². The Morgan fingerprint density at radius 3 is 2.82 bits per heavy atom. The van der Waals surface area contributed by atoms with Gasteiger partial charge >= 0.3 is 0 Å². The minimum absolute atomic E-state index is 0.129. The van der Waals surface area contributed by atoms with Gasteiger partial charge in [-0.1, -0.05) is 12.1 Å². The van der Waals surface area contributed by atoms with Crippen molar-refractivity contribution in [2.24, 2.45) is 0 Å². The van der Waals surface area contributed by atoms with Gasteiger partial charge in [-0.15, -0.1) is 0 Å². The number of hydrogen-bond acceptors (Lipinski definition) is 3. The average Bonchev–Trinajstić information content (AvgIpc) is 2.05. The molecule has 0 bridgehead atoms. The highest BCUT2D eigenvalue weighted by Crippen LogP contribution is 2.11. The molecule has 0 spiro atoms. The number of benzene rings is 1. The summed E-state index contributed by atoms with van der Waals surface area (Å²) in [4.78, 5) is 10.3. The number of aromatic carboxylic acids is 1. The zero-order valence-corrected chi connectivity index (χ0v) is 6.03. The Balaban J connectivity index is 3.01. The first kappa shape index (κ1) is 7.60. The van der Waals surface area contributed by atoms with Gasteiger partial charge in [0.15, 0.2) is 0 Å². The van der Waals surface area contributed by atoms with E-state index < -0.39 is 5.97 Å². The lowest BCUT2D eigenvalue weighted by atomic mass is 10.2. The highest BCUT2D eigenvalue weighted by Gasteiger charge is 1.94. The van der Waals surface area contributed by atoms with Crippen LogP contribution in [0.2, 0.25) is 0 Å². The summed E-state index contributed by atoms with van der Waals surface area (Å²) in [6, 6.07) is 6.14. The van der Waals surface area contributed by atoms with E-state index in [1.165, 1.54) is 19.2 Å². The van der Waals surface area contributed by atoms with E-state index in [0.717, 1.165) is 0 Å². The zero-order valence-electron chi connectivity index (χ0n) is 6.03. The molecule has 0 saturated heterocycles. The lowest BCUT2D eigenvalue weighted by molar-refractivity contribution is -0.255. The maximum Gasteiger partial charge on any atom is 0.119 e. The van der Waals surface area contributed by atoms with Crippen molar-refractivity contribution in [2.45, 2.75) is 0 Å². The number of carbonyl (C=O) groups is 1. The molecule has 11 heavy (non-hydrogen) atoms. The Morgan fingerprint density at radius 2 is 2.27 bits per heavy atom. The second kappa shape index (κ2) is 3.05. The molecule has 0 aliphatic carbocycles. The third-order valence-electron chi connectivity index (χ3n) is 1.31. The Bertz CT molecular complexity index is 268. The minimum atomic E-state index is -1.19. The van der Waals surface area contributed by atoms with Gasteiger partial charge in [-0.05, 0) is 12.1 Å². The van der Waals surface area contributed by atoms with Gasteiger partial charge < -0.3 is 14.6 Å². The highest BCUT2D eigenvalue weighted by molar-refractivity contribution is 5.86. The molecule has 0 N–H and O–H groups in total. The van der Waals surface area contributed by atoms with Crippen molar-refractivity contribution in [3.8, 4) is 5.75 Å². The fraction of sp³-hybridized carbons (Fsp3) is 0.125. The predicted molar refractivity (Wildman–Crippen MR) is 37.3 cm³/mol. The Kier molecular flexibility index (Phi) is 2.11. The third-order valence-corrected chi connectivity index (χ3v) is 1.31. The SMILES string of the molecule is COc1cccc(C(=O)[O-])c1. The van der Waals surface area contributed by atoms with Crippen molar-refractivity contribution in [2.75, 3.05) is 7.11 Å². The van der Waals surface area contributed by atoms with Crippen LogP contribution in [0, 0.1) is 0 Å². The monoisotopic (exact) mass is 151 g/mol. The highest BCUT2D eigenvalue weighted by atomic mass is 16.5. The van der Waals surface area contributed by atoms with Crippen LogP contribution in [0.5, 0.6) is 5.75 Å². The molecule has 3 heteroatoms. The van der Waals surface area contributed by atoms with Crippen LogP contribution in [0.15, 0.2) is 24.3 Å². The molecule has 0 saturated carbocycles. The van der Waals surface area contributed by atoms with Crippen molar-refractivity contribution in [1.82, 2.24) is 0 Å². The standard InChI is InChI=1S/C8H8O3/c1-11-7-4-2-3-6(5-7)8(9)10/h2-5H,1H3,(H,9,10)/p-1. The summed E-state index contributed by atoms with van der Waals surface area (Å²) in [6.07, 6.45) is 0. The van der Waals surface area contributed by atoms with Crippen molar-refractivity contribution in [3.05, 3.63) is 29.8 Å². The van der Waals surface area contributed by atoms with Crippen LogP contribution < -0.4 is 9.84 Å². The van der Waals surface area contributed by atoms with Gasteiger partial charge in [0.25, 0.3) is 0 Å². The van der Waals surface area contributed by atoms with Crippen LogP contribution in [0.3, 0.4) is 0 Å². The van der Waals surface area contributed by atoms with Gasteiger partial charge in [-0.3, -0.25) is 0 Å². The summed E-state index contributed by atoms with van der Waals surface area (Å²) in [7, 11) is 1.48. The van der Waals surface area contributed by atoms with Gasteiger partial charge in [0, 0.05) is 5.56 Å². The molecular weight excluding hydrogens is 144 g/mol. The maximum atomic E-state index is 10.3. The smallest absolute Gasteiger partial charge is 0.119 e. The first-order chi connectivity index (χ1) is 5.24. The minimum Gasteiger partial charge on any atom is -0.545 e. The van der Waals surface area contributed by atoms with Gasteiger partial charge in [-0.2, -0.15) is 0 Å². The van der Waals surface area contributed by atoms with E-state index in [4.69, 9.17) is 4.74 Å². The van der Waals surface area contributed by atoms with Crippen molar-refractivity contribution in [1.29, 1.82) is 0 Å². The molecule has 0 radical (unpaired) electrons. The van der Waals surface area contributed by atoms with E-state index in [1.807, 2.05) is 0 Å². The number of carboxylic acids is 1. The van der Waals surface area contributed by atoms with E-state index >= 15 is 0 Å². The Hall–Kier alpha value is -1.51. The summed E-state index contributed by atoms with van der Waals surface area (Å²) in [5.41, 5.74) is 0.129. The molecule has 1 aromatic carbocycles. The molecule has 0 aromatic heterocycles. The second-order valence-electron chi connectivity index (χ2n) is 2.02. The summed E-state index contributed by atoms with van der Waals surface area (Å²) >= 11 is 0. The normalized spacial score (nSPS) is 9.18. The van der Waals surface area contributed by atoms with Crippen molar-refractivity contribution < 1.29 is 14.6 Å². The summed E-state index contributed by atoms with van der Waals surface area (Å²) < 4.78 is 4.81. The Morgan fingerprint density at radius 1 is 1.55 bits per heavy atom. The molecule has 0 amide bonds. The van der Waals surface area contributed by atoms with Crippen LogP contribution in [0.1, 0.15) is 10.4 Å². The summed E-state index contributed by atoms with van der Waals surface area (Å²) in [5, 5.41) is 10.3. The molecular formula is C8H7O3-. The first-order valence-corrected chi connectivity index (χ1v) is 3.09. The van der Waals surface area contributed by atoms with Gasteiger partial charge in [0.05, 0.1) is 13.1 Å². The van der Waals surface area contributed by atoms with Gasteiger partial charge in [0.1, 0.15) is 5.75 Å². The predicted octanol–water partition coefficient (Wildman–Crippen LogP) is 0.0587. The van der Waals surface area contributed by atoms with E-state index in [9.17, 15) is 9.90 Å². The van der Waals surface area contributed by atoms with E-state index in [0.29, 0.717) is 5.75 Å². The molecule has 0 fully saturated rings. The lowest BCUT2D eigenvalue weighted by Gasteiger charge is -2.03. The zero-order chi connectivity index (χ0) is 8.27. The largest absolute Gasteiger partial charge is 0.545 e. The molecule has 1 aromatic rings. The fourth-order valence-corrected chi connectivity index (χ4v) is 0.750. The van der Waals surface area contributed by atoms with Crippen molar-refractivity contribution >= 4 is 5.97 Å². The topological polar surface area (TPSA) is 49.4 Å². The molecule has 0 unspecified atom stereocenters. The van der Waals surface area contributed by atoms with E-state index in [-0.39, 0.29) is 5.56 Å². The lowest BCUT2D eigenvalue weighted by Crippen LogP contribution is -2.21. The van der Waals surface area contributed by atoms with Crippen LogP contribution >= 0.6 is 0 Å². The molecule has 0 atom stereocenters. The number of ether oxygens (including phenoxy) is 1. The van der Waals surface area contributed by atoms with Crippen LogP contribution in [-0.2, 0) is 0 Å². The molecule has 58 valence electrons. The molecule has 0 aliphatic heterocycles. The quantitative estimate of drug-likeness (QED) is 0.600. The third kappa shape index (κ3) is 1.70. The first-order valence-electron chi connectivity index (χ1n) is 3.09. The van der Waals surface area contributed by atoms with Crippen LogP contribution in [-0.4, -0.2) is 13.1 Å². The van der Waals surface area contributed by atoms with E-state index in [1.54, 1.807) is 12.1 Å². The molecule has 0 heterocycles. The number of hydrogen-bond donors (Lipinski definition) is 0. The van der Waals surface area contributed by atoms with Gasteiger partial charge in [-0.25, -0.2) is 0 Å². The second-order valence-corrected chi connectivity index (χ2v) is 2.02. The summed E-state index contributed by atoms with van der Waals surface area (Å²) in [6.45, 7) is 0. The van der Waals surface area contributed by atoms with Crippen LogP contribution in [0.4, 0.5) is 0 Å². The number of carboxylic acid groups (broad SMARTS) is 1. The van der Waals surface area contributed by atoms with Gasteiger partial charge in [0.2, 0.25) is 0 Å². The molecule has 3 nitrogen and oxygen atoms in total.